The van der Waals surface area contributed by atoms with Crippen molar-refractivity contribution in [3.63, 3.8) is 0 Å². The fourth-order valence-corrected chi connectivity index (χ4v) is 2.02. The minimum Gasteiger partial charge on any atom is -0.467 e. The van der Waals surface area contributed by atoms with Crippen molar-refractivity contribution < 1.29 is 9.52 Å². The Morgan fingerprint density at radius 2 is 2.00 bits per heavy atom. The van der Waals surface area contributed by atoms with Gasteiger partial charge in [-0.1, -0.05) is 6.07 Å². The van der Waals surface area contributed by atoms with Crippen molar-refractivity contribution in [2.75, 3.05) is 23.8 Å². The van der Waals surface area contributed by atoms with Crippen LogP contribution in [0.3, 0.4) is 0 Å². The molecule has 0 saturated carbocycles. The van der Waals surface area contributed by atoms with E-state index < -0.39 is 0 Å². The van der Waals surface area contributed by atoms with Crippen LogP contribution in [-0.4, -0.2) is 33.2 Å². The highest BCUT2D eigenvalue weighted by molar-refractivity contribution is 5.60. The van der Waals surface area contributed by atoms with Crippen molar-refractivity contribution in [1.82, 2.24) is 15.0 Å². The number of hydrogen-bond donors (Lipinski definition) is 3. The van der Waals surface area contributed by atoms with Gasteiger partial charge in [0.1, 0.15) is 11.6 Å². The van der Waals surface area contributed by atoms with Gasteiger partial charge in [-0.15, -0.1) is 0 Å². The Hall–Kier alpha value is -2.93. The molecule has 0 aromatic carbocycles. The average molecular weight is 311 g/mol. The van der Waals surface area contributed by atoms with Crippen LogP contribution in [0.1, 0.15) is 5.76 Å². The highest BCUT2D eigenvalue weighted by atomic mass is 16.3. The van der Waals surface area contributed by atoms with Crippen molar-refractivity contribution in [1.29, 1.82) is 0 Å². The number of pyridine rings is 1. The number of hydrogen-bond acceptors (Lipinski definition) is 7. The van der Waals surface area contributed by atoms with Gasteiger partial charge in [0.2, 0.25) is 5.95 Å². The van der Waals surface area contributed by atoms with E-state index >= 15 is 0 Å². The van der Waals surface area contributed by atoms with E-state index in [1.165, 1.54) is 0 Å². The third-order valence-electron chi connectivity index (χ3n) is 3.07. The zero-order valence-electron chi connectivity index (χ0n) is 12.4. The maximum absolute atomic E-state index is 8.95. The van der Waals surface area contributed by atoms with Crippen LogP contribution < -0.4 is 10.6 Å². The van der Waals surface area contributed by atoms with Gasteiger partial charge >= 0.3 is 0 Å². The van der Waals surface area contributed by atoms with E-state index in [1.54, 1.807) is 12.5 Å². The number of rotatable bonds is 7. The maximum atomic E-state index is 8.95. The van der Waals surface area contributed by atoms with Crippen molar-refractivity contribution in [3.05, 3.63) is 54.6 Å². The Labute approximate surface area is 133 Å². The van der Waals surface area contributed by atoms with Crippen molar-refractivity contribution >= 4 is 11.8 Å². The molecule has 0 amide bonds. The van der Waals surface area contributed by atoms with Crippen LogP contribution in [0.4, 0.5) is 11.8 Å². The predicted molar refractivity (Wildman–Crippen MR) is 86.9 cm³/mol. The molecule has 3 aromatic heterocycles. The third kappa shape index (κ3) is 4.04. The van der Waals surface area contributed by atoms with E-state index in [1.807, 2.05) is 36.4 Å². The van der Waals surface area contributed by atoms with Crippen LogP contribution in [0.2, 0.25) is 0 Å². The molecule has 0 saturated heterocycles. The molecule has 0 spiro atoms. The van der Waals surface area contributed by atoms with Gasteiger partial charge in [-0.3, -0.25) is 4.98 Å². The second-order valence-electron chi connectivity index (χ2n) is 4.76. The van der Waals surface area contributed by atoms with Crippen LogP contribution >= 0.6 is 0 Å². The molecule has 0 atom stereocenters. The lowest BCUT2D eigenvalue weighted by atomic mass is 10.2. The topological polar surface area (TPSA) is 96.1 Å². The summed E-state index contributed by atoms with van der Waals surface area (Å²) in [5.41, 5.74) is 1.45. The molecular formula is C16H17N5O2. The van der Waals surface area contributed by atoms with E-state index in [9.17, 15) is 0 Å². The van der Waals surface area contributed by atoms with Gasteiger partial charge < -0.3 is 20.2 Å². The smallest absolute Gasteiger partial charge is 0.225 e. The first-order valence-electron chi connectivity index (χ1n) is 7.26. The molecule has 3 rings (SSSR count). The molecule has 0 aliphatic rings. The summed E-state index contributed by atoms with van der Waals surface area (Å²) in [5, 5.41) is 15.1. The minimum absolute atomic E-state index is 0.00628. The Morgan fingerprint density at radius 3 is 2.74 bits per heavy atom. The molecule has 3 heterocycles. The number of nitrogens with zero attached hydrogens (tertiary/aromatic N) is 3. The van der Waals surface area contributed by atoms with Gasteiger partial charge in [-0.05, 0) is 24.3 Å². The quantitative estimate of drug-likeness (QED) is 0.615. The van der Waals surface area contributed by atoms with E-state index in [0.29, 0.717) is 30.5 Å². The molecule has 0 unspecified atom stereocenters. The Kier molecular flexibility index (Phi) is 4.80. The molecular weight excluding hydrogens is 294 g/mol. The fraction of sp³-hybridized carbons (Fsp3) is 0.188. The van der Waals surface area contributed by atoms with Crippen LogP contribution in [0, 0.1) is 0 Å². The molecule has 0 aliphatic heterocycles. The highest BCUT2D eigenvalue weighted by Crippen LogP contribution is 2.20. The minimum atomic E-state index is 0.00628. The molecule has 0 aliphatic carbocycles. The van der Waals surface area contributed by atoms with Crippen LogP contribution in [0.15, 0.2) is 53.3 Å². The summed E-state index contributed by atoms with van der Waals surface area (Å²) in [6.07, 6.45) is 3.35. The predicted octanol–water partition coefficient (Wildman–Crippen LogP) is 2.15. The van der Waals surface area contributed by atoms with Gasteiger partial charge in [0, 0.05) is 18.8 Å². The molecule has 118 valence electrons. The largest absolute Gasteiger partial charge is 0.467 e. The van der Waals surface area contributed by atoms with Crippen molar-refractivity contribution in [2.45, 2.75) is 6.54 Å². The van der Waals surface area contributed by atoms with E-state index in [4.69, 9.17) is 9.52 Å². The Bertz CT molecular complexity index is 731. The summed E-state index contributed by atoms with van der Waals surface area (Å²) in [6, 6.07) is 11.2. The van der Waals surface area contributed by atoms with Gasteiger partial charge in [-0.25, -0.2) is 4.98 Å². The zero-order valence-corrected chi connectivity index (χ0v) is 12.4. The zero-order chi connectivity index (χ0) is 15.9. The molecule has 7 heteroatoms. The van der Waals surface area contributed by atoms with Crippen molar-refractivity contribution in [2.24, 2.45) is 0 Å². The highest BCUT2D eigenvalue weighted by Gasteiger charge is 2.08. The number of aromatic nitrogens is 3. The van der Waals surface area contributed by atoms with Crippen LogP contribution in [0.5, 0.6) is 0 Å². The molecule has 7 nitrogen and oxygen atoms in total. The van der Waals surface area contributed by atoms with Gasteiger partial charge in [0.15, 0.2) is 0 Å². The summed E-state index contributed by atoms with van der Waals surface area (Å²) < 4.78 is 5.30. The van der Waals surface area contributed by atoms with E-state index in [0.717, 1.165) is 11.5 Å². The first-order valence-corrected chi connectivity index (χ1v) is 7.26. The lowest BCUT2D eigenvalue weighted by Crippen LogP contribution is -2.11. The standard InChI is InChI=1S/C16H17N5O2/c22-8-7-18-16-20-14(13-5-1-2-6-17-13)10-15(21-16)19-11-12-4-3-9-23-12/h1-6,9-10,22H,7-8,11H2,(H2,18,19,20,21). The second kappa shape index (κ2) is 7.37. The van der Waals surface area contributed by atoms with E-state index in [-0.39, 0.29) is 6.61 Å². The van der Waals surface area contributed by atoms with Gasteiger partial charge in [-0.2, -0.15) is 4.98 Å². The first-order chi connectivity index (χ1) is 11.3. The molecule has 23 heavy (non-hydrogen) atoms. The lowest BCUT2D eigenvalue weighted by Gasteiger charge is -2.10. The summed E-state index contributed by atoms with van der Waals surface area (Å²) in [5.74, 6) is 1.90. The third-order valence-corrected chi connectivity index (χ3v) is 3.07. The lowest BCUT2D eigenvalue weighted by molar-refractivity contribution is 0.311. The molecule has 3 N–H and O–H groups in total. The second-order valence-corrected chi connectivity index (χ2v) is 4.76. The fourth-order valence-electron chi connectivity index (χ4n) is 2.02. The number of aliphatic hydroxyl groups is 1. The molecule has 3 aromatic rings. The Morgan fingerprint density at radius 1 is 1.04 bits per heavy atom. The monoisotopic (exact) mass is 311 g/mol. The average Bonchev–Trinajstić information content (AvgIpc) is 3.12. The molecule has 0 radical (unpaired) electrons. The summed E-state index contributed by atoms with van der Waals surface area (Å²) >= 11 is 0. The number of nitrogens with one attached hydrogen (secondary N) is 2. The number of furan rings is 1. The van der Waals surface area contributed by atoms with Crippen LogP contribution in [-0.2, 0) is 6.54 Å². The normalized spacial score (nSPS) is 10.5. The van der Waals surface area contributed by atoms with Gasteiger partial charge in [0.25, 0.3) is 0 Å². The van der Waals surface area contributed by atoms with Crippen molar-refractivity contribution in [3.8, 4) is 11.4 Å². The Balaban J connectivity index is 1.84. The molecule has 0 fully saturated rings. The van der Waals surface area contributed by atoms with Crippen LogP contribution in [0.25, 0.3) is 11.4 Å². The molecule has 0 bridgehead atoms. The van der Waals surface area contributed by atoms with E-state index in [2.05, 4.69) is 25.6 Å². The maximum Gasteiger partial charge on any atom is 0.225 e. The number of aliphatic hydroxyl groups excluding tert-OH is 1. The summed E-state index contributed by atoms with van der Waals surface area (Å²) in [4.78, 5) is 13.1. The van der Waals surface area contributed by atoms with Gasteiger partial charge in [0.05, 0.1) is 30.8 Å². The number of anilines is 2. The SMILES string of the molecule is OCCNc1nc(NCc2ccco2)cc(-c2ccccn2)n1. The first kappa shape index (κ1) is 15.0. The summed E-state index contributed by atoms with van der Waals surface area (Å²) in [6.45, 7) is 0.904. The summed E-state index contributed by atoms with van der Waals surface area (Å²) in [7, 11) is 0.